The van der Waals surface area contributed by atoms with Crippen molar-refractivity contribution in [1.82, 2.24) is 20.8 Å². The monoisotopic (exact) mass is 374 g/mol. The summed E-state index contributed by atoms with van der Waals surface area (Å²) in [7, 11) is 0. The highest BCUT2D eigenvalue weighted by atomic mass is 32.1. The second-order valence-corrected chi connectivity index (χ2v) is 6.20. The number of nitrogens with zero attached hydrogens (tertiary/aromatic N) is 2. The lowest BCUT2D eigenvalue weighted by Crippen LogP contribution is -2.30. The van der Waals surface area contributed by atoms with Crippen LogP contribution in [0.1, 0.15) is 27.4 Å². The Morgan fingerprint density at radius 1 is 1.15 bits per heavy atom. The van der Waals surface area contributed by atoms with Crippen LogP contribution in [0, 0.1) is 5.82 Å². The van der Waals surface area contributed by atoms with E-state index in [4.69, 9.17) is 4.52 Å². The van der Waals surface area contributed by atoms with Gasteiger partial charge in [-0.25, -0.2) is 9.37 Å². The number of carbonyl (C=O) groups excluding carboxylic acids is 2. The third kappa shape index (κ3) is 4.31. The first-order valence-corrected chi connectivity index (χ1v) is 8.70. The second-order valence-electron chi connectivity index (χ2n) is 5.25. The summed E-state index contributed by atoms with van der Waals surface area (Å²) >= 11 is 1.49. The Balaban J connectivity index is 1.40. The first kappa shape index (κ1) is 17.7. The topological polar surface area (TPSA) is 97.1 Å². The molecule has 0 fully saturated rings. The van der Waals surface area contributed by atoms with E-state index in [0.29, 0.717) is 18.7 Å². The van der Waals surface area contributed by atoms with Crippen molar-refractivity contribution < 1.29 is 18.5 Å². The van der Waals surface area contributed by atoms with Crippen molar-refractivity contribution >= 4 is 23.2 Å². The number of halogens is 1. The van der Waals surface area contributed by atoms with Crippen LogP contribution in [-0.2, 0) is 0 Å². The highest BCUT2D eigenvalue weighted by molar-refractivity contribution is 7.13. The molecule has 0 aliphatic heterocycles. The maximum atomic E-state index is 13.4. The smallest absolute Gasteiger partial charge is 0.273 e. The van der Waals surface area contributed by atoms with E-state index in [1.807, 2.05) is 17.5 Å². The molecule has 3 rings (SSSR count). The molecular formula is C17H15FN4O3S. The van der Waals surface area contributed by atoms with Gasteiger partial charge in [0.05, 0.1) is 4.88 Å². The number of hydrogen-bond donors (Lipinski definition) is 2. The van der Waals surface area contributed by atoms with E-state index >= 15 is 0 Å². The minimum atomic E-state index is -0.675. The molecule has 0 unspecified atom stereocenters. The number of carbonyl (C=O) groups is 2. The summed E-state index contributed by atoms with van der Waals surface area (Å²) in [6, 6.07) is 7.92. The van der Waals surface area contributed by atoms with Crippen LogP contribution in [0.3, 0.4) is 0 Å². The van der Waals surface area contributed by atoms with Gasteiger partial charge in [0, 0.05) is 25.4 Å². The Labute approximate surface area is 152 Å². The molecular weight excluding hydrogens is 359 g/mol. The first-order valence-electron chi connectivity index (χ1n) is 7.82. The van der Waals surface area contributed by atoms with E-state index in [1.54, 1.807) is 6.07 Å². The highest BCUT2D eigenvalue weighted by Crippen LogP contribution is 2.24. The number of hydrogen-bond acceptors (Lipinski definition) is 6. The summed E-state index contributed by atoms with van der Waals surface area (Å²) in [6.07, 6.45) is 1.82. The van der Waals surface area contributed by atoms with Crippen molar-refractivity contribution in [3.63, 3.8) is 0 Å². The summed E-state index contributed by atoms with van der Waals surface area (Å²) in [5.74, 6) is -1.09. The zero-order valence-electron chi connectivity index (χ0n) is 13.6. The molecule has 3 aromatic heterocycles. The summed E-state index contributed by atoms with van der Waals surface area (Å²) in [5, 5.41) is 10.9. The van der Waals surface area contributed by atoms with Crippen LogP contribution in [0.4, 0.5) is 4.39 Å². The molecule has 2 amide bonds. The number of thiophene rings is 1. The van der Waals surface area contributed by atoms with Crippen molar-refractivity contribution in [3.8, 4) is 10.6 Å². The van der Waals surface area contributed by atoms with Gasteiger partial charge >= 0.3 is 0 Å². The molecule has 3 heterocycles. The van der Waals surface area contributed by atoms with Crippen LogP contribution in [0.15, 0.2) is 46.4 Å². The SMILES string of the molecule is O=C(NCCCNC(=O)c1ncccc1F)c1cc(-c2cccs2)on1. The van der Waals surface area contributed by atoms with Gasteiger partial charge in [0.15, 0.2) is 23.0 Å². The molecule has 134 valence electrons. The minimum absolute atomic E-state index is 0.188. The van der Waals surface area contributed by atoms with Crippen LogP contribution in [0.2, 0.25) is 0 Å². The molecule has 7 nitrogen and oxygen atoms in total. The number of rotatable bonds is 7. The Morgan fingerprint density at radius 3 is 2.69 bits per heavy atom. The fourth-order valence-corrected chi connectivity index (χ4v) is 2.81. The zero-order chi connectivity index (χ0) is 18.4. The molecule has 26 heavy (non-hydrogen) atoms. The lowest BCUT2D eigenvalue weighted by atomic mass is 10.3. The summed E-state index contributed by atoms with van der Waals surface area (Å²) in [6.45, 7) is 0.597. The minimum Gasteiger partial charge on any atom is -0.355 e. The van der Waals surface area contributed by atoms with E-state index in [2.05, 4.69) is 20.8 Å². The Bertz CT molecular complexity index is 895. The average molecular weight is 374 g/mol. The van der Waals surface area contributed by atoms with Crippen molar-refractivity contribution in [2.75, 3.05) is 13.1 Å². The van der Waals surface area contributed by atoms with Gasteiger partial charge in [0.1, 0.15) is 0 Å². The lowest BCUT2D eigenvalue weighted by Gasteiger charge is -2.06. The first-order chi connectivity index (χ1) is 12.6. The average Bonchev–Trinajstić information content (AvgIpc) is 3.32. The van der Waals surface area contributed by atoms with Crippen LogP contribution in [0.5, 0.6) is 0 Å². The highest BCUT2D eigenvalue weighted by Gasteiger charge is 2.14. The second kappa shape index (κ2) is 8.34. The Morgan fingerprint density at radius 2 is 1.96 bits per heavy atom. The lowest BCUT2D eigenvalue weighted by molar-refractivity contribution is 0.0942. The van der Waals surface area contributed by atoms with Gasteiger partial charge in [-0.1, -0.05) is 11.2 Å². The van der Waals surface area contributed by atoms with Crippen LogP contribution >= 0.6 is 11.3 Å². The predicted molar refractivity (Wildman–Crippen MR) is 93.3 cm³/mol. The van der Waals surface area contributed by atoms with Gasteiger partial charge in [-0.3, -0.25) is 9.59 Å². The largest absolute Gasteiger partial charge is 0.355 e. The van der Waals surface area contributed by atoms with Crippen LogP contribution < -0.4 is 10.6 Å². The normalized spacial score (nSPS) is 10.5. The number of amides is 2. The fraction of sp³-hybridized carbons (Fsp3) is 0.176. The molecule has 0 bridgehead atoms. The summed E-state index contributed by atoms with van der Waals surface area (Å²) in [5.41, 5.74) is -0.0618. The Hall–Kier alpha value is -3.07. The van der Waals surface area contributed by atoms with Crippen LogP contribution in [0.25, 0.3) is 10.6 Å². The molecule has 2 N–H and O–H groups in total. The Kier molecular flexibility index (Phi) is 5.69. The molecule has 0 radical (unpaired) electrons. The number of nitrogens with one attached hydrogen (secondary N) is 2. The fourth-order valence-electron chi connectivity index (χ4n) is 2.14. The standard InChI is InChI=1S/C17H15FN4O3S/c18-11-4-1-6-19-15(11)17(24)21-8-3-7-20-16(23)12-10-13(25-22-12)14-5-2-9-26-14/h1-2,4-6,9-10H,3,7-8H2,(H,20,23)(H,21,24). The molecule has 0 saturated heterocycles. The molecule has 0 aliphatic carbocycles. The van der Waals surface area contributed by atoms with Crippen molar-refractivity contribution in [3.05, 3.63) is 59.1 Å². The van der Waals surface area contributed by atoms with Gasteiger partial charge in [-0.05, 0) is 30.0 Å². The molecule has 9 heteroatoms. The number of aromatic nitrogens is 2. The van der Waals surface area contributed by atoms with Crippen molar-refractivity contribution in [2.24, 2.45) is 0 Å². The number of pyridine rings is 1. The maximum absolute atomic E-state index is 13.4. The van der Waals surface area contributed by atoms with E-state index in [1.165, 1.54) is 29.7 Å². The summed E-state index contributed by atoms with van der Waals surface area (Å²) < 4.78 is 18.6. The molecule has 0 spiro atoms. The van der Waals surface area contributed by atoms with E-state index in [9.17, 15) is 14.0 Å². The van der Waals surface area contributed by atoms with E-state index in [-0.39, 0.29) is 23.8 Å². The van der Waals surface area contributed by atoms with Gasteiger partial charge in [-0.15, -0.1) is 11.3 Å². The van der Waals surface area contributed by atoms with Gasteiger partial charge < -0.3 is 15.2 Å². The summed E-state index contributed by atoms with van der Waals surface area (Å²) in [4.78, 5) is 28.4. The molecule has 0 atom stereocenters. The quantitative estimate of drug-likeness (QED) is 0.619. The van der Waals surface area contributed by atoms with E-state index in [0.717, 1.165) is 4.88 Å². The van der Waals surface area contributed by atoms with Crippen molar-refractivity contribution in [2.45, 2.75) is 6.42 Å². The van der Waals surface area contributed by atoms with Gasteiger partial charge in [-0.2, -0.15) is 0 Å². The van der Waals surface area contributed by atoms with E-state index < -0.39 is 11.7 Å². The maximum Gasteiger partial charge on any atom is 0.273 e. The third-order valence-corrected chi connectivity index (χ3v) is 4.29. The van der Waals surface area contributed by atoms with Gasteiger partial charge in [0.25, 0.3) is 11.8 Å². The van der Waals surface area contributed by atoms with Gasteiger partial charge in [0.2, 0.25) is 0 Å². The van der Waals surface area contributed by atoms with Crippen LogP contribution in [-0.4, -0.2) is 35.0 Å². The zero-order valence-corrected chi connectivity index (χ0v) is 14.4. The predicted octanol–water partition coefficient (Wildman–Crippen LogP) is 2.49. The molecule has 0 aromatic carbocycles. The molecule has 0 saturated carbocycles. The van der Waals surface area contributed by atoms with Crippen molar-refractivity contribution in [1.29, 1.82) is 0 Å². The molecule has 3 aromatic rings. The molecule has 0 aliphatic rings. The third-order valence-electron chi connectivity index (χ3n) is 3.41.